The lowest BCUT2D eigenvalue weighted by Crippen LogP contribution is -2.01. The van der Waals surface area contributed by atoms with Crippen molar-refractivity contribution in [2.75, 3.05) is 0 Å². The predicted molar refractivity (Wildman–Crippen MR) is 79.4 cm³/mol. The van der Waals surface area contributed by atoms with E-state index in [1.165, 1.54) is 29.5 Å². The quantitative estimate of drug-likeness (QED) is 0.600. The molecule has 0 N–H and O–H groups in total. The van der Waals surface area contributed by atoms with Crippen molar-refractivity contribution in [1.82, 2.24) is 0 Å². The van der Waals surface area contributed by atoms with E-state index >= 15 is 0 Å². The van der Waals surface area contributed by atoms with Gasteiger partial charge in [-0.05, 0) is 57.0 Å². The summed E-state index contributed by atoms with van der Waals surface area (Å²) in [5, 5.41) is 3.01. The lowest BCUT2D eigenvalue weighted by molar-refractivity contribution is 0.104. The molecule has 0 amide bonds. The highest BCUT2D eigenvalue weighted by molar-refractivity contribution is 9.10. The smallest absolute Gasteiger partial charge is 0.194 e. The Kier molecular flexibility index (Phi) is 3.21. The zero-order valence-corrected chi connectivity index (χ0v) is 12.1. The van der Waals surface area contributed by atoms with Crippen LogP contribution in [-0.4, -0.2) is 5.78 Å². The van der Waals surface area contributed by atoms with Crippen LogP contribution in [0, 0.1) is 5.82 Å². The fraction of sp³-hybridized carbons (Fsp3) is 0. The number of hydrogen-bond acceptors (Lipinski definition) is 2. The molecule has 0 aliphatic rings. The fourth-order valence-electron chi connectivity index (χ4n) is 1.96. The number of thiophene rings is 1. The summed E-state index contributed by atoms with van der Waals surface area (Å²) in [5.74, 6) is -0.459. The molecule has 0 fully saturated rings. The zero-order chi connectivity index (χ0) is 13.4. The van der Waals surface area contributed by atoms with Crippen LogP contribution in [0.3, 0.4) is 0 Å². The molecule has 94 valence electrons. The van der Waals surface area contributed by atoms with Crippen molar-refractivity contribution in [2.45, 2.75) is 0 Å². The van der Waals surface area contributed by atoms with Crippen molar-refractivity contribution in [2.24, 2.45) is 0 Å². The van der Waals surface area contributed by atoms with Gasteiger partial charge in [-0.2, -0.15) is 0 Å². The minimum absolute atomic E-state index is 0.0891. The first-order valence-corrected chi connectivity index (χ1v) is 7.30. The second kappa shape index (κ2) is 4.87. The Bertz CT molecular complexity index is 779. The van der Waals surface area contributed by atoms with Crippen molar-refractivity contribution in [3.05, 3.63) is 69.3 Å². The second-order valence-corrected chi connectivity index (χ2v) is 5.87. The molecule has 0 atom stereocenters. The van der Waals surface area contributed by atoms with Crippen LogP contribution < -0.4 is 0 Å². The standard InChI is InChI=1S/C15H8BrFOS/c16-12-8-10(4-5-13(12)17)14(18)11-3-1-2-9-6-7-19-15(9)11/h1-8H. The summed E-state index contributed by atoms with van der Waals surface area (Å²) in [4.78, 5) is 12.5. The van der Waals surface area contributed by atoms with Crippen molar-refractivity contribution in [1.29, 1.82) is 0 Å². The van der Waals surface area contributed by atoms with Crippen LogP contribution in [0.15, 0.2) is 52.3 Å². The van der Waals surface area contributed by atoms with Crippen LogP contribution in [0.1, 0.15) is 15.9 Å². The average Bonchev–Trinajstić information content (AvgIpc) is 2.89. The van der Waals surface area contributed by atoms with E-state index in [9.17, 15) is 9.18 Å². The minimum Gasteiger partial charge on any atom is -0.289 e. The molecule has 4 heteroatoms. The molecule has 3 rings (SSSR count). The summed E-state index contributed by atoms with van der Waals surface area (Å²) in [6.07, 6.45) is 0. The Balaban J connectivity index is 2.13. The van der Waals surface area contributed by atoms with Gasteiger partial charge in [0.25, 0.3) is 0 Å². The number of benzene rings is 2. The average molecular weight is 335 g/mol. The lowest BCUT2D eigenvalue weighted by Gasteiger charge is -2.04. The molecule has 0 aliphatic carbocycles. The van der Waals surface area contributed by atoms with Gasteiger partial charge >= 0.3 is 0 Å². The van der Waals surface area contributed by atoms with Crippen LogP contribution in [0.4, 0.5) is 4.39 Å². The summed E-state index contributed by atoms with van der Waals surface area (Å²) in [6, 6.07) is 11.9. The number of carbonyl (C=O) groups excluding carboxylic acids is 1. The molecule has 0 saturated heterocycles. The Morgan fingerprint density at radius 1 is 1.16 bits per heavy atom. The number of carbonyl (C=O) groups is 1. The first-order chi connectivity index (χ1) is 9.16. The van der Waals surface area contributed by atoms with Crippen molar-refractivity contribution in [3.63, 3.8) is 0 Å². The van der Waals surface area contributed by atoms with Gasteiger partial charge in [-0.1, -0.05) is 12.1 Å². The number of rotatable bonds is 2. The van der Waals surface area contributed by atoms with Gasteiger partial charge < -0.3 is 0 Å². The lowest BCUT2D eigenvalue weighted by atomic mass is 10.0. The van der Waals surface area contributed by atoms with E-state index in [0.29, 0.717) is 15.6 Å². The van der Waals surface area contributed by atoms with Crippen molar-refractivity contribution in [3.8, 4) is 0 Å². The second-order valence-electron chi connectivity index (χ2n) is 4.10. The summed E-state index contributed by atoms with van der Waals surface area (Å²) in [5.41, 5.74) is 1.14. The third-order valence-corrected chi connectivity index (χ3v) is 4.48. The van der Waals surface area contributed by atoms with Gasteiger partial charge in [0.15, 0.2) is 5.78 Å². The summed E-state index contributed by atoms with van der Waals surface area (Å²) in [6.45, 7) is 0. The molecule has 0 saturated carbocycles. The van der Waals surface area contributed by atoms with Gasteiger partial charge in [-0.15, -0.1) is 11.3 Å². The fourth-order valence-corrected chi connectivity index (χ4v) is 3.25. The normalized spacial score (nSPS) is 10.8. The van der Waals surface area contributed by atoms with Gasteiger partial charge in [0.05, 0.1) is 4.47 Å². The Morgan fingerprint density at radius 2 is 2.00 bits per heavy atom. The number of halogens is 2. The van der Waals surface area contributed by atoms with E-state index in [4.69, 9.17) is 0 Å². The largest absolute Gasteiger partial charge is 0.289 e. The molecule has 19 heavy (non-hydrogen) atoms. The van der Waals surface area contributed by atoms with E-state index in [1.54, 1.807) is 6.07 Å². The first kappa shape index (κ1) is 12.5. The molecule has 0 spiro atoms. The van der Waals surface area contributed by atoms with E-state index in [1.807, 2.05) is 23.6 Å². The van der Waals surface area contributed by atoms with E-state index in [2.05, 4.69) is 15.9 Å². The molecule has 0 radical (unpaired) electrons. The van der Waals surface area contributed by atoms with Gasteiger partial charge in [0, 0.05) is 15.8 Å². The number of ketones is 1. The SMILES string of the molecule is O=C(c1ccc(F)c(Br)c1)c1cccc2ccsc12. The van der Waals surface area contributed by atoms with Crippen LogP contribution in [0.25, 0.3) is 10.1 Å². The third kappa shape index (κ3) is 2.22. The summed E-state index contributed by atoms with van der Waals surface area (Å²) < 4.78 is 14.5. The molecular weight excluding hydrogens is 327 g/mol. The summed E-state index contributed by atoms with van der Waals surface area (Å²) >= 11 is 4.64. The maximum atomic E-state index is 13.2. The molecule has 1 nitrogen and oxygen atoms in total. The van der Waals surface area contributed by atoms with Crippen LogP contribution in [0.2, 0.25) is 0 Å². The minimum atomic E-state index is -0.370. The number of fused-ring (bicyclic) bond motifs is 1. The molecule has 2 aromatic carbocycles. The summed E-state index contributed by atoms with van der Waals surface area (Å²) in [7, 11) is 0. The van der Waals surface area contributed by atoms with E-state index < -0.39 is 0 Å². The Labute approximate surface area is 121 Å². The molecule has 1 aromatic heterocycles. The maximum Gasteiger partial charge on any atom is 0.194 e. The number of hydrogen-bond donors (Lipinski definition) is 0. The van der Waals surface area contributed by atoms with Gasteiger partial charge in [-0.25, -0.2) is 4.39 Å². The van der Waals surface area contributed by atoms with Gasteiger partial charge in [0.2, 0.25) is 0 Å². The molecule has 3 aromatic rings. The van der Waals surface area contributed by atoms with Crippen LogP contribution in [0.5, 0.6) is 0 Å². The van der Waals surface area contributed by atoms with Crippen LogP contribution >= 0.6 is 27.3 Å². The first-order valence-electron chi connectivity index (χ1n) is 5.63. The van der Waals surface area contributed by atoms with Crippen LogP contribution in [-0.2, 0) is 0 Å². The highest BCUT2D eigenvalue weighted by Gasteiger charge is 2.14. The molecule has 0 bridgehead atoms. The molecule has 0 aliphatic heterocycles. The predicted octanol–water partition coefficient (Wildman–Crippen LogP) is 5.03. The monoisotopic (exact) mass is 334 g/mol. The van der Waals surface area contributed by atoms with Gasteiger partial charge in [-0.3, -0.25) is 4.79 Å². The molecule has 0 unspecified atom stereocenters. The Hall–Kier alpha value is -1.52. The highest BCUT2D eigenvalue weighted by atomic mass is 79.9. The van der Waals surface area contributed by atoms with E-state index in [-0.39, 0.29) is 11.6 Å². The topological polar surface area (TPSA) is 17.1 Å². The third-order valence-electron chi connectivity index (χ3n) is 2.91. The van der Waals surface area contributed by atoms with Gasteiger partial charge in [0.1, 0.15) is 5.82 Å². The van der Waals surface area contributed by atoms with Crippen molar-refractivity contribution >= 4 is 43.1 Å². The molecular formula is C15H8BrFOS. The maximum absolute atomic E-state index is 13.2. The van der Waals surface area contributed by atoms with E-state index in [0.717, 1.165) is 10.1 Å². The zero-order valence-electron chi connectivity index (χ0n) is 9.69. The molecule has 1 heterocycles. The van der Waals surface area contributed by atoms with Crippen molar-refractivity contribution < 1.29 is 9.18 Å². The highest BCUT2D eigenvalue weighted by Crippen LogP contribution is 2.27. The Morgan fingerprint density at radius 3 is 2.79 bits per heavy atom.